The van der Waals surface area contributed by atoms with E-state index in [-0.39, 0.29) is 5.82 Å². The van der Waals surface area contributed by atoms with E-state index in [9.17, 15) is 4.39 Å². The predicted molar refractivity (Wildman–Crippen MR) is 66.1 cm³/mol. The van der Waals surface area contributed by atoms with Crippen molar-refractivity contribution in [3.8, 4) is 0 Å². The molecule has 2 aromatic rings. The quantitative estimate of drug-likeness (QED) is 0.796. The molecular formula is C15H14FN. The van der Waals surface area contributed by atoms with Gasteiger partial charge in [-0.25, -0.2) is 4.39 Å². The monoisotopic (exact) mass is 227 g/mol. The molecule has 0 saturated carbocycles. The van der Waals surface area contributed by atoms with Crippen LogP contribution in [0.15, 0.2) is 48.5 Å². The fraction of sp³-hybridized carbons (Fsp3) is 0.200. The average molecular weight is 227 g/mol. The first-order valence-electron chi connectivity index (χ1n) is 5.79. The van der Waals surface area contributed by atoms with Crippen molar-refractivity contribution < 1.29 is 4.39 Å². The molecule has 0 radical (unpaired) electrons. The molecule has 0 fully saturated rings. The normalized spacial score (nSPS) is 16.8. The van der Waals surface area contributed by atoms with Gasteiger partial charge in [-0.05, 0) is 41.7 Å². The third-order valence-corrected chi connectivity index (χ3v) is 3.53. The Morgan fingerprint density at radius 2 is 1.59 bits per heavy atom. The molecule has 0 bridgehead atoms. The van der Waals surface area contributed by atoms with Gasteiger partial charge in [-0.15, -0.1) is 0 Å². The third-order valence-electron chi connectivity index (χ3n) is 3.53. The van der Waals surface area contributed by atoms with E-state index in [1.54, 1.807) is 12.1 Å². The molecule has 86 valence electrons. The second-order valence-corrected chi connectivity index (χ2v) is 4.79. The molecule has 2 aromatic carbocycles. The van der Waals surface area contributed by atoms with Gasteiger partial charge in [-0.3, -0.25) is 0 Å². The van der Waals surface area contributed by atoms with Gasteiger partial charge in [-0.2, -0.15) is 0 Å². The standard InChI is InChI=1S/C15H14FN/c16-14-7-3-6-13(8-14)15(17)9-11-4-1-2-5-12(11)10-15/h1-8H,9-10,17H2. The van der Waals surface area contributed by atoms with Gasteiger partial charge in [0.15, 0.2) is 0 Å². The zero-order valence-corrected chi connectivity index (χ0v) is 9.49. The molecule has 0 atom stereocenters. The van der Waals surface area contributed by atoms with Crippen LogP contribution < -0.4 is 5.73 Å². The summed E-state index contributed by atoms with van der Waals surface area (Å²) in [4.78, 5) is 0. The van der Waals surface area contributed by atoms with Crippen LogP contribution in [-0.4, -0.2) is 0 Å². The number of nitrogens with two attached hydrogens (primary N) is 1. The minimum atomic E-state index is -0.453. The highest BCUT2D eigenvalue weighted by Crippen LogP contribution is 2.35. The van der Waals surface area contributed by atoms with Crippen LogP contribution in [0.3, 0.4) is 0 Å². The van der Waals surface area contributed by atoms with Gasteiger partial charge in [0.2, 0.25) is 0 Å². The molecule has 1 aliphatic carbocycles. The summed E-state index contributed by atoms with van der Waals surface area (Å²) < 4.78 is 13.3. The van der Waals surface area contributed by atoms with E-state index in [1.165, 1.54) is 17.2 Å². The molecule has 0 amide bonds. The van der Waals surface area contributed by atoms with Crippen LogP contribution >= 0.6 is 0 Å². The molecule has 0 aromatic heterocycles. The predicted octanol–water partition coefficient (Wildman–Crippen LogP) is 2.78. The highest BCUT2D eigenvalue weighted by atomic mass is 19.1. The van der Waals surface area contributed by atoms with Gasteiger partial charge in [0.05, 0.1) is 0 Å². The molecule has 0 spiro atoms. The second-order valence-electron chi connectivity index (χ2n) is 4.79. The van der Waals surface area contributed by atoms with E-state index in [2.05, 4.69) is 12.1 Å². The maximum Gasteiger partial charge on any atom is 0.123 e. The van der Waals surface area contributed by atoms with Gasteiger partial charge in [0.1, 0.15) is 5.82 Å². The molecular weight excluding hydrogens is 213 g/mol. The summed E-state index contributed by atoms with van der Waals surface area (Å²) in [6.07, 6.45) is 1.57. The Labute approximate surface area is 100 Å². The average Bonchev–Trinajstić information content (AvgIpc) is 2.66. The molecule has 0 aliphatic heterocycles. The Balaban J connectivity index is 2.01. The maximum atomic E-state index is 13.3. The minimum Gasteiger partial charge on any atom is -0.321 e. The van der Waals surface area contributed by atoms with Gasteiger partial charge in [0.25, 0.3) is 0 Å². The molecule has 0 unspecified atom stereocenters. The zero-order valence-electron chi connectivity index (χ0n) is 9.49. The third kappa shape index (κ3) is 1.75. The Bertz CT molecular complexity index is 537. The summed E-state index contributed by atoms with van der Waals surface area (Å²) >= 11 is 0. The van der Waals surface area contributed by atoms with Crippen LogP contribution in [0.4, 0.5) is 4.39 Å². The number of hydrogen-bond donors (Lipinski definition) is 1. The van der Waals surface area contributed by atoms with Gasteiger partial charge >= 0.3 is 0 Å². The van der Waals surface area contributed by atoms with Crippen LogP contribution in [0, 0.1) is 5.82 Å². The van der Waals surface area contributed by atoms with E-state index in [1.807, 2.05) is 18.2 Å². The summed E-state index contributed by atoms with van der Waals surface area (Å²) in [6.45, 7) is 0. The lowest BCUT2D eigenvalue weighted by atomic mass is 9.88. The second kappa shape index (κ2) is 3.67. The summed E-state index contributed by atoms with van der Waals surface area (Å²) in [6, 6.07) is 14.9. The first kappa shape index (κ1) is 10.5. The number of benzene rings is 2. The molecule has 1 nitrogen and oxygen atoms in total. The fourth-order valence-electron chi connectivity index (χ4n) is 2.65. The van der Waals surface area contributed by atoms with Crippen LogP contribution in [0.5, 0.6) is 0 Å². The van der Waals surface area contributed by atoms with E-state index in [4.69, 9.17) is 5.73 Å². The van der Waals surface area contributed by atoms with E-state index in [0.717, 1.165) is 18.4 Å². The lowest BCUT2D eigenvalue weighted by Gasteiger charge is -2.24. The maximum absolute atomic E-state index is 13.3. The zero-order chi connectivity index (χ0) is 11.9. The summed E-state index contributed by atoms with van der Waals surface area (Å²) in [5.74, 6) is -0.219. The van der Waals surface area contributed by atoms with Crippen molar-refractivity contribution in [1.29, 1.82) is 0 Å². The largest absolute Gasteiger partial charge is 0.321 e. The number of halogens is 1. The Morgan fingerprint density at radius 3 is 2.18 bits per heavy atom. The van der Waals surface area contributed by atoms with Crippen molar-refractivity contribution >= 4 is 0 Å². The van der Waals surface area contributed by atoms with Crippen molar-refractivity contribution in [3.63, 3.8) is 0 Å². The summed E-state index contributed by atoms with van der Waals surface area (Å²) in [5, 5.41) is 0. The summed E-state index contributed by atoms with van der Waals surface area (Å²) in [5.41, 5.74) is 9.42. The van der Waals surface area contributed by atoms with E-state index >= 15 is 0 Å². The van der Waals surface area contributed by atoms with Crippen LogP contribution in [0.25, 0.3) is 0 Å². The Hall–Kier alpha value is -1.67. The fourth-order valence-corrected chi connectivity index (χ4v) is 2.65. The Kier molecular flexibility index (Phi) is 2.26. The highest BCUT2D eigenvalue weighted by Gasteiger charge is 2.34. The van der Waals surface area contributed by atoms with Crippen molar-refractivity contribution in [2.75, 3.05) is 0 Å². The summed E-state index contributed by atoms with van der Waals surface area (Å²) in [7, 11) is 0. The number of hydrogen-bond acceptors (Lipinski definition) is 1. The first-order chi connectivity index (χ1) is 8.17. The Morgan fingerprint density at radius 1 is 0.941 bits per heavy atom. The SMILES string of the molecule is NC1(c2cccc(F)c2)Cc2ccccc2C1. The van der Waals surface area contributed by atoms with Crippen molar-refractivity contribution in [2.45, 2.75) is 18.4 Å². The minimum absolute atomic E-state index is 0.219. The van der Waals surface area contributed by atoms with Crippen molar-refractivity contribution in [2.24, 2.45) is 5.73 Å². The van der Waals surface area contributed by atoms with Crippen LogP contribution in [0.1, 0.15) is 16.7 Å². The molecule has 17 heavy (non-hydrogen) atoms. The first-order valence-corrected chi connectivity index (χ1v) is 5.79. The molecule has 0 saturated heterocycles. The smallest absolute Gasteiger partial charge is 0.123 e. The van der Waals surface area contributed by atoms with Crippen molar-refractivity contribution in [1.82, 2.24) is 0 Å². The van der Waals surface area contributed by atoms with Gasteiger partial charge in [0, 0.05) is 5.54 Å². The van der Waals surface area contributed by atoms with E-state index < -0.39 is 5.54 Å². The molecule has 2 heteroatoms. The lowest BCUT2D eigenvalue weighted by Crippen LogP contribution is -2.37. The van der Waals surface area contributed by atoms with Crippen LogP contribution in [0.2, 0.25) is 0 Å². The topological polar surface area (TPSA) is 26.0 Å². The van der Waals surface area contributed by atoms with E-state index in [0.29, 0.717) is 0 Å². The molecule has 1 aliphatic rings. The van der Waals surface area contributed by atoms with Crippen molar-refractivity contribution in [3.05, 3.63) is 71.0 Å². The van der Waals surface area contributed by atoms with Gasteiger partial charge < -0.3 is 5.73 Å². The van der Waals surface area contributed by atoms with Gasteiger partial charge in [-0.1, -0.05) is 36.4 Å². The molecule has 3 rings (SSSR count). The highest BCUT2D eigenvalue weighted by molar-refractivity contribution is 5.41. The lowest BCUT2D eigenvalue weighted by molar-refractivity contribution is 0.468. The number of fused-ring (bicyclic) bond motifs is 1. The number of rotatable bonds is 1. The molecule has 2 N–H and O–H groups in total. The molecule has 0 heterocycles. The van der Waals surface area contributed by atoms with Crippen LogP contribution in [-0.2, 0) is 18.4 Å².